The molecule has 0 bridgehead atoms. The highest BCUT2D eigenvalue weighted by Gasteiger charge is 2.52. The number of amides is 3. The van der Waals surface area contributed by atoms with E-state index in [1.807, 2.05) is 0 Å². The maximum atomic E-state index is 12.7. The molecule has 5 atom stereocenters. The Labute approximate surface area is 247 Å². The van der Waals surface area contributed by atoms with Crippen molar-refractivity contribution in [1.29, 1.82) is 0 Å². The molecule has 0 unspecified atom stereocenters. The van der Waals surface area contributed by atoms with Crippen LogP contribution in [0.15, 0.2) is 0 Å². The molecule has 0 radical (unpaired) electrons. The number of hydroxylamine groups is 6. The van der Waals surface area contributed by atoms with E-state index in [1.54, 1.807) is 0 Å². The first-order chi connectivity index (χ1) is 20.2. The van der Waals surface area contributed by atoms with Crippen LogP contribution < -0.4 is 0 Å². The second kappa shape index (κ2) is 19.0. The van der Waals surface area contributed by atoms with Gasteiger partial charge in [0, 0.05) is 66.8 Å². The fourth-order valence-electron chi connectivity index (χ4n) is 3.94. The Morgan fingerprint density at radius 3 is 1.28 bits per heavy atom. The van der Waals surface area contributed by atoms with Crippen LogP contribution in [0.4, 0.5) is 0 Å². The molecule has 0 aliphatic carbocycles. The van der Waals surface area contributed by atoms with E-state index in [9.17, 15) is 33.9 Å². The quantitative estimate of drug-likeness (QED) is 0.124. The lowest BCUT2D eigenvalue weighted by atomic mass is 9.99. The summed E-state index contributed by atoms with van der Waals surface area (Å²) < 4.78 is 11.1. The Morgan fingerprint density at radius 2 is 0.953 bits per heavy atom. The predicted molar refractivity (Wildman–Crippen MR) is 140 cm³/mol. The van der Waals surface area contributed by atoms with Crippen LogP contribution in [0.5, 0.6) is 0 Å². The number of carboxylic acid groups (broad SMARTS) is 3. The third kappa shape index (κ3) is 13.2. The van der Waals surface area contributed by atoms with Crippen LogP contribution in [0.25, 0.3) is 0 Å². The fraction of sp³-hybridized carbons (Fsp3) is 0.760. The fourth-order valence-corrected chi connectivity index (χ4v) is 3.94. The number of hydrogen-bond donors (Lipinski definition) is 4. The first kappa shape index (κ1) is 37.6. The summed E-state index contributed by atoms with van der Waals surface area (Å²) >= 11 is 0. The van der Waals surface area contributed by atoms with Crippen LogP contribution in [0.2, 0.25) is 0 Å². The molecular weight excluding hydrogens is 582 g/mol. The average Bonchev–Trinajstić information content (AvgIpc) is 2.93. The maximum absolute atomic E-state index is 12.7. The number of aliphatic hydroxyl groups is 1. The summed E-state index contributed by atoms with van der Waals surface area (Å²) in [7, 11) is 4.97. The van der Waals surface area contributed by atoms with E-state index in [0.29, 0.717) is 0 Å². The van der Waals surface area contributed by atoms with Crippen molar-refractivity contribution in [2.75, 3.05) is 34.9 Å². The molecule has 1 aliphatic rings. The number of aliphatic hydroxyl groups excluding tert-OH is 1. The summed E-state index contributed by atoms with van der Waals surface area (Å²) in [4.78, 5) is 87.9. The third-order valence-electron chi connectivity index (χ3n) is 6.24. The minimum Gasteiger partial charge on any atom is -0.481 e. The van der Waals surface area contributed by atoms with E-state index in [1.165, 1.54) is 28.3 Å². The van der Waals surface area contributed by atoms with Gasteiger partial charge in [-0.05, 0) is 19.3 Å². The van der Waals surface area contributed by atoms with E-state index < -0.39 is 72.9 Å². The van der Waals surface area contributed by atoms with Gasteiger partial charge in [0.25, 0.3) is 0 Å². The number of aliphatic carboxylic acids is 3. The van der Waals surface area contributed by atoms with Crippen molar-refractivity contribution in [3.63, 3.8) is 0 Å². The normalized spacial score (nSPS) is 21.6. The van der Waals surface area contributed by atoms with Crippen molar-refractivity contribution >= 4 is 35.6 Å². The van der Waals surface area contributed by atoms with Gasteiger partial charge in [0.1, 0.15) is 12.2 Å². The SMILES string of the molecule is CO[C@H]1O[C@H](CO)[C@@H](ON(C)C(=O)CCCC(=O)O)[C@H](ON(C)C(=O)CCCC(=O)O)[C@H]1ON(C)C(=O)CCCC(=O)O. The van der Waals surface area contributed by atoms with Crippen molar-refractivity contribution in [3.05, 3.63) is 0 Å². The van der Waals surface area contributed by atoms with Gasteiger partial charge in [-0.15, -0.1) is 0 Å². The number of nitrogens with zero attached hydrogens (tertiary/aromatic N) is 3. The number of methoxy groups -OCH3 is 1. The standard InChI is InChI=1S/C25H41N3O15/c1-26(16(30)8-5-11-19(33)34)41-22-15(14-29)40-25(39-4)24(43-28(3)18(32)10-7-13-21(37)38)23(22)42-27(2)17(31)9-6-12-20(35)36/h15,22-25,29H,5-14H2,1-4H3,(H,33,34)(H,35,36)(H,37,38)/t15-,22-,23+,24-,25+/m1/s1. The van der Waals surface area contributed by atoms with Crippen molar-refractivity contribution < 1.29 is 73.2 Å². The molecule has 18 nitrogen and oxygen atoms in total. The highest BCUT2D eigenvalue weighted by Crippen LogP contribution is 2.30. The number of hydrogen-bond acceptors (Lipinski definition) is 12. The molecule has 1 aliphatic heterocycles. The smallest absolute Gasteiger partial charge is 0.303 e. The van der Waals surface area contributed by atoms with Gasteiger partial charge in [0.15, 0.2) is 18.5 Å². The number of carbonyl (C=O) groups is 6. The highest BCUT2D eigenvalue weighted by atomic mass is 16.8. The zero-order chi connectivity index (χ0) is 32.7. The summed E-state index contributed by atoms with van der Waals surface area (Å²) in [6.45, 7) is -0.682. The molecule has 1 heterocycles. The molecule has 1 rings (SSSR count). The highest BCUT2D eigenvalue weighted by molar-refractivity contribution is 5.77. The van der Waals surface area contributed by atoms with Crippen LogP contribution in [0.1, 0.15) is 57.8 Å². The van der Waals surface area contributed by atoms with Crippen molar-refractivity contribution in [3.8, 4) is 0 Å². The van der Waals surface area contributed by atoms with Crippen LogP contribution in [-0.2, 0) is 52.8 Å². The van der Waals surface area contributed by atoms with E-state index in [2.05, 4.69) is 0 Å². The number of carbonyl (C=O) groups excluding carboxylic acids is 3. The van der Waals surface area contributed by atoms with Gasteiger partial charge in [-0.25, -0.2) is 15.2 Å². The van der Waals surface area contributed by atoms with Gasteiger partial charge >= 0.3 is 17.9 Å². The average molecular weight is 624 g/mol. The van der Waals surface area contributed by atoms with Crippen molar-refractivity contribution in [1.82, 2.24) is 15.2 Å². The zero-order valence-electron chi connectivity index (χ0n) is 24.6. The Kier molecular flexibility index (Phi) is 16.6. The molecule has 0 aromatic heterocycles. The summed E-state index contributed by atoms with van der Waals surface area (Å²) in [5.74, 6) is -5.13. The minimum absolute atomic E-state index is 0.0105. The second-order valence-corrected chi connectivity index (χ2v) is 9.59. The lowest BCUT2D eigenvalue weighted by Gasteiger charge is -2.46. The lowest BCUT2D eigenvalue weighted by Crippen LogP contribution is -2.65. The van der Waals surface area contributed by atoms with E-state index >= 15 is 0 Å². The molecule has 0 aromatic carbocycles. The monoisotopic (exact) mass is 623 g/mol. The lowest BCUT2D eigenvalue weighted by molar-refractivity contribution is -0.384. The summed E-state index contributed by atoms with van der Waals surface area (Å²) in [5.41, 5.74) is 0. The topological polar surface area (TPSA) is 239 Å². The number of ether oxygens (including phenoxy) is 2. The maximum Gasteiger partial charge on any atom is 0.303 e. The Hall–Kier alpha value is -3.42. The van der Waals surface area contributed by atoms with Gasteiger partial charge < -0.3 is 29.9 Å². The molecule has 246 valence electrons. The molecular formula is C25H41N3O15. The van der Waals surface area contributed by atoms with Gasteiger partial charge in [0.05, 0.1) is 6.61 Å². The summed E-state index contributed by atoms with van der Waals surface area (Å²) in [6, 6.07) is 0. The van der Waals surface area contributed by atoms with Crippen LogP contribution >= 0.6 is 0 Å². The summed E-state index contributed by atoms with van der Waals surface area (Å²) in [5, 5.41) is 39.0. The van der Waals surface area contributed by atoms with Crippen LogP contribution in [0.3, 0.4) is 0 Å². The van der Waals surface area contributed by atoms with E-state index in [-0.39, 0.29) is 57.8 Å². The van der Waals surface area contributed by atoms with Gasteiger partial charge in [0.2, 0.25) is 17.7 Å². The first-order valence-corrected chi connectivity index (χ1v) is 13.5. The molecule has 43 heavy (non-hydrogen) atoms. The van der Waals surface area contributed by atoms with Crippen molar-refractivity contribution in [2.45, 2.75) is 88.5 Å². The molecule has 0 spiro atoms. The predicted octanol–water partition coefficient (Wildman–Crippen LogP) is -0.609. The second-order valence-electron chi connectivity index (χ2n) is 9.59. The van der Waals surface area contributed by atoms with Gasteiger partial charge in [-0.1, -0.05) is 0 Å². The Bertz CT molecular complexity index is 910. The van der Waals surface area contributed by atoms with Crippen molar-refractivity contribution in [2.24, 2.45) is 0 Å². The van der Waals surface area contributed by atoms with Gasteiger partial charge in [-0.3, -0.25) is 43.3 Å². The van der Waals surface area contributed by atoms with Crippen LogP contribution in [-0.4, -0.2) is 137 Å². The Morgan fingerprint density at radius 1 is 0.605 bits per heavy atom. The minimum atomic E-state index is -1.41. The summed E-state index contributed by atoms with van der Waals surface area (Å²) in [6.07, 6.45) is -8.02. The Balaban J connectivity index is 3.28. The molecule has 1 saturated heterocycles. The first-order valence-electron chi connectivity index (χ1n) is 13.5. The zero-order valence-corrected chi connectivity index (χ0v) is 24.6. The van der Waals surface area contributed by atoms with E-state index in [4.69, 9.17) is 39.3 Å². The molecule has 0 aromatic rings. The molecule has 4 N–H and O–H groups in total. The number of carboxylic acids is 3. The number of rotatable bonds is 20. The molecule has 1 fully saturated rings. The third-order valence-corrected chi connectivity index (χ3v) is 6.24. The van der Waals surface area contributed by atoms with Gasteiger partial charge in [-0.2, -0.15) is 0 Å². The van der Waals surface area contributed by atoms with E-state index in [0.717, 1.165) is 15.2 Å². The molecule has 18 heteroatoms. The largest absolute Gasteiger partial charge is 0.481 e. The molecule has 3 amide bonds. The molecule has 0 saturated carbocycles. The van der Waals surface area contributed by atoms with Crippen LogP contribution in [0, 0.1) is 0 Å².